The van der Waals surface area contributed by atoms with Crippen molar-refractivity contribution in [2.45, 2.75) is 12.5 Å². The number of hydrogen-bond acceptors (Lipinski definition) is 3. The highest BCUT2D eigenvalue weighted by molar-refractivity contribution is 5.76. The highest BCUT2D eigenvalue weighted by Crippen LogP contribution is 2.18. The summed E-state index contributed by atoms with van der Waals surface area (Å²) in [6.07, 6.45) is -0.113. The predicted molar refractivity (Wildman–Crippen MR) is 59.7 cm³/mol. The molecule has 0 saturated carbocycles. The van der Waals surface area contributed by atoms with Crippen molar-refractivity contribution >= 4 is 5.91 Å². The molecule has 0 saturated heterocycles. The number of benzene rings is 1. The van der Waals surface area contributed by atoms with E-state index in [0.717, 1.165) is 18.2 Å². The molecule has 0 aliphatic carbocycles. The van der Waals surface area contributed by atoms with Crippen LogP contribution in [0, 0.1) is 11.6 Å². The van der Waals surface area contributed by atoms with E-state index < -0.39 is 17.7 Å². The first-order valence-electron chi connectivity index (χ1n) is 5.07. The lowest BCUT2D eigenvalue weighted by Gasteiger charge is -2.16. The number of hydrazine groups is 1. The summed E-state index contributed by atoms with van der Waals surface area (Å²) >= 11 is 0. The van der Waals surface area contributed by atoms with Gasteiger partial charge >= 0.3 is 0 Å². The maximum absolute atomic E-state index is 13.3. The monoisotopic (exact) mass is 243 g/mol. The van der Waals surface area contributed by atoms with E-state index in [1.54, 1.807) is 14.1 Å². The van der Waals surface area contributed by atoms with E-state index in [-0.39, 0.29) is 17.9 Å². The van der Waals surface area contributed by atoms with E-state index in [0.29, 0.717) is 0 Å². The Kier molecular flexibility index (Phi) is 4.53. The van der Waals surface area contributed by atoms with Crippen molar-refractivity contribution in [2.75, 3.05) is 14.1 Å². The van der Waals surface area contributed by atoms with E-state index in [9.17, 15) is 13.6 Å². The molecule has 1 amide bonds. The van der Waals surface area contributed by atoms with Crippen LogP contribution in [0.3, 0.4) is 0 Å². The van der Waals surface area contributed by atoms with Crippen molar-refractivity contribution in [3.63, 3.8) is 0 Å². The van der Waals surface area contributed by atoms with Gasteiger partial charge in [0.25, 0.3) is 0 Å². The maximum Gasteiger partial charge on any atom is 0.236 e. The summed E-state index contributed by atoms with van der Waals surface area (Å²) in [6.45, 7) is 0. The molecule has 0 radical (unpaired) electrons. The van der Waals surface area contributed by atoms with Crippen molar-refractivity contribution < 1.29 is 13.6 Å². The minimum absolute atomic E-state index is 0.00101. The van der Waals surface area contributed by atoms with Gasteiger partial charge in [-0.1, -0.05) is 0 Å². The Morgan fingerprint density at radius 1 is 1.47 bits per heavy atom. The maximum atomic E-state index is 13.3. The summed E-state index contributed by atoms with van der Waals surface area (Å²) in [5.41, 5.74) is 8.13. The van der Waals surface area contributed by atoms with Crippen LogP contribution in [0.4, 0.5) is 8.78 Å². The standard InChI is InChI=1S/C11H15F2N3O/c1-16(2)15-11(17)6-10(14)8-5-7(12)3-4-9(8)13/h3-5,10H,6,14H2,1-2H3,(H,15,17). The third kappa shape index (κ3) is 4.08. The van der Waals surface area contributed by atoms with Crippen LogP contribution in [-0.4, -0.2) is 25.0 Å². The molecule has 1 rings (SSSR count). The summed E-state index contributed by atoms with van der Waals surface area (Å²) in [7, 11) is 3.29. The number of hydrogen-bond donors (Lipinski definition) is 2. The summed E-state index contributed by atoms with van der Waals surface area (Å²) in [6, 6.07) is 2.13. The van der Waals surface area contributed by atoms with Crippen LogP contribution in [0.15, 0.2) is 18.2 Å². The second-order valence-electron chi connectivity index (χ2n) is 3.91. The summed E-state index contributed by atoms with van der Waals surface area (Å²) < 4.78 is 26.3. The van der Waals surface area contributed by atoms with Crippen molar-refractivity contribution in [2.24, 2.45) is 5.73 Å². The average molecular weight is 243 g/mol. The summed E-state index contributed by atoms with van der Waals surface area (Å²) in [4.78, 5) is 11.4. The topological polar surface area (TPSA) is 58.4 Å². The molecule has 4 nitrogen and oxygen atoms in total. The van der Waals surface area contributed by atoms with Gasteiger partial charge in [0.2, 0.25) is 5.91 Å². The third-order valence-electron chi connectivity index (χ3n) is 2.11. The van der Waals surface area contributed by atoms with E-state index >= 15 is 0 Å². The lowest BCUT2D eigenvalue weighted by Crippen LogP contribution is -2.37. The number of halogens is 2. The van der Waals surface area contributed by atoms with Gasteiger partial charge in [-0.05, 0) is 18.2 Å². The van der Waals surface area contributed by atoms with Gasteiger partial charge in [0.15, 0.2) is 0 Å². The molecule has 1 atom stereocenters. The van der Waals surface area contributed by atoms with Crippen LogP contribution in [0.2, 0.25) is 0 Å². The summed E-state index contributed by atoms with van der Waals surface area (Å²) in [5, 5.41) is 1.46. The van der Waals surface area contributed by atoms with E-state index in [1.807, 2.05) is 0 Å². The Balaban J connectivity index is 2.72. The zero-order chi connectivity index (χ0) is 13.0. The Hall–Kier alpha value is -1.53. The number of nitrogens with two attached hydrogens (primary N) is 1. The van der Waals surface area contributed by atoms with Gasteiger partial charge in [-0.15, -0.1) is 0 Å². The van der Waals surface area contributed by atoms with Gasteiger partial charge in [-0.3, -0.25) is 10.2 Å². The molecule has 1 unspecified atom stereocenters. The molecule has 0 aromatic heterocycles. The van der Waals surface area contributed by atoms with Crippen molar-refractivity contribution in [1.82, 2.24) is 10.4 Å². The molecule has 0 heterocycles. The van der Waals surface area contributed by atoms with Gasteiger partial charge in [0, 0.05) is 32.1 Å². The second kappa shape index (κ2) is 5.70. The fourth-order valence-electron chi connectivity index (χ4n) is 1.40. The molecular weight excluding hydrogens is 228 g/mol. The summed E-state index contributed by atoms with van der Waals surface area (Å²) in [5.74, 6) is -1.55. The first kappa shape index (κ1) is 13.5. The molecule has 0 aliphatic heterocycles. The van der Waals surface area contributed by atoms with Crippen molar-refractivity contribution in [1.29, 1.82) is 0 Å². The number of nitrogens with one attached hydrogen (secondary N) is 1. The first-order chi connectivity index (χ1) is 7.90. The molecule has 1 aromatic rings. The highest BCUT2D eigenvalue weighted by atomic mass is 19.1. The van der Waals surface area contributed by atoms with Crippen LogP contribution in [0.1, 0.15) is 18.0 Å². The zero-order valence-corrected chi connectivity index (χ0v) is 9.71. The second-order valence-corrected chi connectivity index (χ2v) is 3.91. The van der Waals surface area contributed by atoms with Crippen molar-refractivity contribution in [3.05, 3.63) is 35.4 Å². The smallest absolute Gasteiger partial charge is 0.236 e. The van der Waals surface area contributed by atoms with Crippen LogP contribution in [0.5, 0.6) is 0 Å². The normalized spacial score (nSPS) is 12.6. The molecule has 3 N–H and O–H groups in total. The van der Waals surface area contributed by atoms with Crippen LogP contribution >= 0.6 is 0 Å². The number of rotatable bonds is 4. The molecule has 1 aromatic carbocycles. The lowest BCUT2D eigenvalue weighted by atomic mass is 10.0. The molecule has 0 spiro atoms. The molecular formula is C11H15F2N3O. The first-order valence-corrected chi connectivity index (χ1v) is 5.07. The average Bonchev–Trinajstić information content (AvgIpc) is 2.20. The fourth-order valence-corrected chi connectivity index (χ4v) is 1.40. The Morgan fingerprint density at radius 2 is 2.12 bits per heavy atom. The SMILES string of the molecule is CN(C)NC(=O)CC(N)c1cc(F)ccc1F. The number of amides is 1. The Labute approximate surface area is 98.4 Å². The molecule has 0 bridgehead atoms. The molecule has 17 heavy (non-hydrogen) atoms. The van der Waals surface area contributed by atoms with Crippen LogP contribution < -0.4 is 11.2 Å². The van der Waals surface area contributed by atoms with Gasteiger partial charge in [-0.25, -0.2) is 13.8 Å². The molecule has 6 heteroatoms. The quantitative estimate of drug-likeness (QED) is 0.774. The minimum Gasteiger partial charge on any atom is -0.323 e. The van der Waals surface area contributed by atoms with Crippen LogP contribution in [0.25, 0.3) is 0 Å². The van der Waals surface area contributed by atoms with Crippen LogP contribution in [-0.2, 0) is 4.79 Å². The number of carbonyl (C=O) groups is 1. The highest BCUT2D eigenvalue weighted by Gasteiger charge is 2.16. The van der Waals surface area contributed by atoms with E-state index in [1.165, 1.54) is 5.01 Å². The lowest BCUT2D eigenvalue weighted by molar-refractivity contribution is -0.125. The fraction of sp³-hybridized carbons (Fsp3) is 0.364. The van der Waals surface area contributed by atoms with E-state index in [4.69, 9.17) is 5.73 Å². The van der Waals surface area contributed by atoms with E-state index in [2.05, 4.69) is 5.43 Å². The number of carbonyl (C=O) groups excluding carboxylic acids is 1. The van der Waals surface area contributed by atoms with Crippen molar-refractivity contribution in [3.8, 4) is 0 Å². The predicted octanol–water partition coefficient (Wildman–Crippen LogP) is 0.947. The third-order valence-corrected chi connectivity index (χ3v) is 2.11. The largest absolute Gasteiger partial charge is 0.323 e. The van der Waals surface area contributed by atoms with Gasteiger partial charge in [0.1, 0.15) is 11.6 Å². The number of nitrogens with zero attached hydrogens (tertiary/aromatic N) is 1. The molecule has 94 valence electrons. The minimum atomic E-state index is -0.870. The Morgan fingerprint density at radius 3 is 2.71 bits per heavy atom. The molecule has 0 aliphatic rings. The molecule has 0 fully saturated rings. The van der Waals surface area contributed by atoms with Gasteiger partial charge in [0.05, 0.1) is 0 Å². The van der Waals surface area contributed by atoms with Gasteiger partial charge < -0.3 is 5.73 Å². The zero-order valence-electron chi connectivity index (χ0n) is 9.71. The Bertz CT molecular complexity index is 410. The van der Waals surface area contributed by atoms with Gasteiger partial charge in [-0.2, -0.15) is 0 Å².